The number of nitro benzene ring substituents is 1. The molecule has 0 amide bonds. The Balaban J connectivity index is 1.84. The van der Waals surface area contributed by atoms with Crippen LogP contribution in [0.1, 0.15) is 22.3 Å². The van der Waals surface area contributed by atoms with Crippen molar-refractivity contribution in [2.75, 3.05) is 7.11 Å². The summed E-state index contributed by atoms with van der Waals surface area (Å²) in [7, 11) is 1.50. The maximum atomic E-state index is 10.8. The molecule has 0 spiro atoms. The van der Waals surface area contributed by atoms with Crippen LogP contribution >= 0.6 is 11.6 Å². The molecule has 156 valence electrons. The smallest absolute Gasteiger partial charge is 0.269 e. The van der Waals surface area contributed by atoms with Crippen molar-refractivity contribution in [1.29, 1.82) is 5.26 Å². The average molecular weight is 435 g/mol. The maximum absolute atomic E-state index is 10.8. The molecule has 0 heterocycles. The highest BCUT2D eigenvalue weighted by Crippen LogP contribution is 2.38. The second-order valence-corrected chi connectivity index (χ2v) is 7.19. The zero-order chi connectivity index (χ0) is 22.4. The van der Waals surface area contributed by atoms with E-state index in [0.29, 0.717) is 27.7 Å². The van der Waals surface area contributed by atoms with Crippen LogP contribution in [0, 0.1) is 28.4 Å². The van der Waals surface area contributed by atoms with Crippen molar-refractivity contribution in [3.8, 4) is 17.6 Å². The molecule has 7 heteroatoms. The summed E-state index contributed by atoms with van der Waals surface area (Å²) < 4.78 is 11.2. The van der Waals surface area contributed by atoms with Crippen molar-refractivity contribution in [3.05, 3.63) is 98.1 Å². The zero-order valence-corrected chi connectivity index (χ0v) is 17.7. The Bertz CT molecular complexity index is 1160. The Morgan fingerprint density at radius 1 is 1.16 bits per heavy atom. The fourth-order valence-electron chi connectivity index (χ4n) is 2.91. The lowest BCUT2D eigenvalue weighted by Crippen LogP contribution is -1.99. The Hall–Kier alpha value is -3.82. The summed E-state index contributed by atoms with van der Waals surface area (Å²) in [5.74, 6) is 0.773. The number of benzene rings is 3. The molecule has 0 fully saturated rings. The highest BCUT2D eigenvalue weighted by Gasteiger charge is 2.13. The topological polar surface area (TPSA) is 85.4 Å². The van der Waals surface area contributed by atoms with E-state index in [9.17, 15) is 15.4 Å². The molecule has 0 radical (unpaired) electrons. The molecule has 6 nitrogen and oxygen atoms in total. The van der Waals surface area contributed by atoms with Crippen LogP contribution in [0.2, 0.25) is 5.02 Å². The third-order valence-corrected chi connectivity index (χ3v) is 4.86. The number of rotatable bonds is 7. The summed E-state index contributed by atoms with van der Waals surface area (Å²) in [6.07, 6.45) is 1.74. The van der Waals surface area contributed by atoms with Crippen molar-refractivity contribution < 1.29 is 14.4 Å². The molecule has 0 aromatic heterocycles. The Kier molecular flexibility index (Phi) is 6.91. The highest BCUT2D eigenvalue weighted by molar-refractivity contribution is 6.32. The SMILES string of the molecule is COc1cc(/C=C(\C#N)c2ccc(C)cc2)cc(Cl)c1OCc1ccc([N+](=O)[O-])cc1. The van der Waals surface area contributed by atoms with Crippen molar-refractivity contribution in [3.63, 3.8) is 0 Å². The maximum Gasteiger partial charge on any atom is 0.269 e. The van der Waals surface area contributed by atoms with Gasteiger partial charge in [0.15, 0.2) is 11.5 Å². The number of nitriles is 1. The molecule has 31 heavy (non-hydrogen) atoms. The largest absolute Gasteiger partial charge is 0.493 e. The average Bonchev–Trinajstić information content (AvgIpc) is 2.77. The predicted molar refractivity (Wildman–Crippen MR) is 120 cm³/mol. The van der Waals surface area contributed by atoms with Gasteiger partial charge in [0.1, 0.15) is 6.61 Å². The molecule has 0 aliphatic heterocycles. The third-order valence-electron chi connectivity index (χ3n) is 4.58. The van der Waals surface area contributed by atoms with E-state index in [1.807, 2.05) is 31.2 Å². The predicted octanol–water partition coefficient (Wildman–Crippen LogP) is 6.21. The lowest BCUT2D eigenvalue weighted by atomic mass is 10.0. The van der Waals surface area contributed by atoms with E-state index in [2.05, 4.69) is 6.07 Å². The molecule has 3 aromatic rings. The zero-order valence-electron chi connectivity index (χ0n) is 17.0. The van der Waals surface area contributed by atoms with E-state index in [-0.39, 0.29) is 12.3 Å². The molecule has 0 N–H and O–H groups in total. The van der Waals surface area contributed by atoms with E-state index in [4.69, 9.17) is 21.1 Å². The monoisotopic (exact) mass is 434 g/mol. The molecular formula is C24H19ClN2O4. The molecule has 0 unspecified atom stereocenters. The number of methoxy groups -OCH3 is 1. The summed E-state index contributed by atoms with van der Waals surface area (Å²) in [4.78, 5) is 10.3. The van der Waals surface area contributed by atoms with E-state index in [1.165, 1.54) is 19.2 Å². The van der Waals surface area contributed by atoms with Crippen molar-refractivity contribution in [2.24, 2.45) is 0 Å². The van der Waals surface area contributed by atoms with Gasteiger partial charge in [-0.25, -0.2) is 0 Å². The van der Waals surface area contributed by atoms with Gasteiger partial charge in [-0.1, -0.05) is 41.4 Å². The van der Waals surface area contributed by atoms with Crippen LogP contribution in [0.25, 0.3) is 11.6 Å². The molecule has 0 saturated heterocycles. The van der Waals surface area contributed by atoms with Crippen LogP contribution < -0.4 is 9.47 Å². The van der Waals surface area contributed by atoms with E-state index in [1.54, 1.807) is 30.3 Å². The summed E-state index contributed by atoms with van der Waals surface area (Å²) in [5.41, 5.74) is 3.87. The molecule has 0 aliphatic carbocycles. The number of non-ortho nitro benzene ring substituents is 1. The van der Waals surface area contributed by atoms with Crippen LogP contribution in [0.3, 0.4) is 0 Å². The minimum atomic E-state index is -0.455. The molecular weight excluding hydrogens is 416 g/mol. The summed E-state index contributed by atoms with van der Waals surface area (Å²) in [6.45, 7) is 2.15. The van der Waals surface area contributed by atoms with Crippen LogP contribution in [0.15, 0.2) is 60.7 Å². The van der Waals surface area contributed by atoms with Crippen molar-refractivity contribution in [1.82, 2.24) is 0 Å². The molecule has 3 aromatic carbocycles. The Morgan fingerprint density at radius 2 is 1.84 bits per heavy atom. The number of halogens is 1. The number of nitrogens with zero attached hydrogens (tertiary/aromatic N) is 2. The van der Waals surface area contributed by atoms with E-state index in [0.717, 1.165) is 16.7 Å². The van der Waals surface area contributed by atoms with Crippen LogP contribution in [-0.4, -0.2) is 12.0 Å². The highest BCUT2D eigenvalue weighted by atomic mass is 35.5. The Morgan fingerprint density at radius 3 is 2.42 bits per heavy atom. The summed E-state index contributed by atoms with van der Waals surface area (Å²) >= 11 is 6.43. The van der Waals surface area contributed by atoms with Crippen molar-refractivity contribution in [2.45, 2.75) is 13.5 Å². The number of aryl methyl sites for hydroxylation is 1. The first-order chi connectivity index (χ1) is 14.9. The molecule has 0 atom stereocenters. The van der Waals surface area contributed by atoms with Crippen molar-refractivity contribution >= 4 is 28.9 Å². The second kappa shape index (κ2) is 9.79. The van der Waals surface area contributed by atoms with Gasteiger partial charge in [-0.3, -0.25) is 10.1 Å². The van der Waals surface area contributed by atoms with Crippen LogP contribution in [0.4, 0.5) is 5.69 Å². The van der Waals surface area contributed by atoms with Gasteiger partial charge in [0.25, 0.3) is 5.69 Å². The summed E-state index contributed by atoms with van der Waals surface area (Å²) in [6, 6.07) is 19.4. The number of allylic oxidation sites excluding steroid dienone is 1. The lowest BCUT2D eigenvalue weighted by molar-refractivity contribution is -0.384. The van der Waals surface area contributed by atoms with Gasteiger partial charge >= 0.3 is 0 Å². The minimum absolute atomic E-state index is 0.0115. The third kappa shape index (κ3) is 5.41. The Labute approximate surface area is 185 Å². The van der Waals surface area contributed by atoms with Gasteiger partial charge in [0, 0.05) is 12.1 Å². The van der Waals surface area contributed by atoms with Gasteiger partial charge in [0.2, 0.25) is 0 Å². The normalized spacial score (nSPS) is 11.0. The van der Waals surface area contributed by atoms with E-state index < -0.39 is 4.92 Å². The number of nitro groups is 1. The molecule has 0 saturated carbocycles. The van der Waals surface area contributed by atoms with Gasteiger partial charge in [0.05, 0.1) is 28.7 Å². The van der Waals surface area contributed by atoms with Gasteiger partial charge in [-0.2, -0.15) is 5.26 Å². The van der Waals surface area contributed by atoms with Gasteiger partial charge < -0.3 is 9.47 Å². The fourth-order valence-corrected chi connectivity index (χ4v) is 3.19. The summed E-state index contributed by atoms with van der Waals surface area (Å²) in [5, 5.41) is 20.7. The fraction of sp³-hybridized carbons (Fsp3) is 0.125. The van der Waals surface area contributed by atoms with Gasteiger partial charge in [-0.05, 0) is 54.0 Å². The number of hydrogen-bond acceptors (Lipinski definition) is 5. The van der Waals surface area contributed by atoms with Gasteiger partial charge in [-0.15, -0.1) is 0 Å². The minimum Gasteiger partial charge on any atom is -0.493 e. The second-order valence-electron chi connectivity index (χ2n) is 6.78. The molecule has 3 rings (SSSR count). The molecule has 0 bridgehead atoms. The molecule has 0 aliphatic rings. The number of hydrogen-bond donors (Lipinski definition) is 0. The van der Waals surface area contributed by atoms with Crippen LogP contribution in [-0.2, 0) is 6.61 Å². The first kappa shape index (κ1) is 21.9. The van der Waals surface area contributed by atoms with E-state index >= 15 is 0 Å². The number of ether oxygens (including phenoxy) is 2. The first-order valence-electron chi connectivity index (χ1n) is 9.33. The first-order valence-corrected chi connectivity index (χ1v) is 9.71. The standard InChI is InChI=1S/C24H19ClN2O4/c1-16-3-7-19(8-4-16)20(14-26)11-18-12-22(25)24(23(13-18)30-2)31-15-17-5-9-21(10-6-17)27(28)29/h3-13H,15H2,1-2H3/b20-11+. The van der Waals surface area contributed by atoms with Crippen LogP contribution in [0.5, 0.6) is 11.5 Å². The quantitative estimate of drug-likeness (QED) is 0.191. The lowest BCUT2D eigenvalue weighted by Gasteiger charge is -2.13.